The Balaban J connectivity index is 0. The molecule has 0 aliphatic rings. The zero-order valence-electron chi connectivity index (χ0n) is 5.05. The summed E-state index contributed by atoms with van der Waals surface area (Å²) in [5.74, 6) is 0. The molecule has 0 aliphatic heterocycles. The molecule has 0 aromatic carbocycles. The Morgan fingerprint density at radius 2 is 1.30 bits per heavy atom. The fourth-order valence-electron chi connectivity index (χ4n) is 0.262. The molecular formula is C2H2BF6K. The minimum absolute atomic E-state index is 0. The van der Waals surface area contributed by atoms with Crippen LogP contribution in [0.15, 0.2) is 0 Å². The molecule has 8 heteroatoms. The first kappa shape index (κ1) is 13.8. The molecule has 0 aromatic rings. The Hall–Kier alpha value is 1.28. The molecule has 0 saturated heterocycles. The number of rotatable bonds is 1. The van der Waals surface area contributed by atoms with Gasteiger partial charge >= 0.3 is 64.5 Å². The summed E-state index contributed by atoms with van der Waals surface area (Å²) in [5, 5.41) is 0. The Bertz CT molecular complexity index is 80.9. The van der Waals surface area contributed by atoms with E-state index in [2.05, 4.69) is 0 Å². The van der Waals surface area contributed by atoms with Gasteiger partial charge in [0.05, 0.1) is 0 Å². The third-order valence-corrected chi connectivity index (χ3v) is 0.463. The maximum atomic E-state index is 10.9. The first-order chi connectivity index (χ1) is 3.71. The van der Waals surface area contributed by atoms with E-state index >= 15 is 0 Å². The molecule has 0 atom stereocenters. The van der Waals surface area contributed by atoms with Crippen molar-refractivity contribution < 1.29 is 77.5 Å². The van der Waals surface area contributed by atoms with Crippen LogP contribution in [-0.4, -0.2) is 13.2 Å². The molecular weight excluding hydrogens is 188 g/mol. The number of halogens is 6. The average molecular weight is 190 g/mol. The Kier molecular flexibility index (Phi) is 6.01. The molecule has 10 heavy (non-hydrogen) atoms. The van der Waals surface area contributed by atoms with Gasteiger partial charge in [0.2, 0.25) is 0 Å². The monoisotopic (exact) mass is 190 g/mol. The maximum Gasteiger partial charge on any atom is 1.00 e. The topological polar surface area (TPSA) is 0 Å². The smallest absolute Gasteiger partial charge is 0.449 e. The molecule has 0 fully saturated rings. The van der Waals surface area contributed by atoms with Crippen molar-refractivity contribution in [2.75, 3.05) is 0 Å². The third-order valence-electron chi connectivity index (χ3n) is 0.463. The van der Waals surface area contributed by atoms with Crippen LogP contribution in [0.3, 0.4) is 0 Å². The minimum atomic E-state index is -5.72. The maximum absolute atomic E-state index is 10.9. The molecule has 0 saturated carbocycles. The second-order valence-corrected chi connectivity index (χ2v) is 1.53. The van der Waals surface area contributed by atoms with E-state index in [0.29, 0.717) is 0 Å². The third kappa shape index (κ3) is 12.0. The van der Waals surface area contributed by atoms with Gasteiger partial charge in [0.25, 0.3) is 0 Å². The molecule has 0 unspecified atom stereocenters. The fourth-order valence-corrected chi connectivity index (χ4v) is 0.262. The quantitative estimate of drug-likeness (QED) is 0.382. The molecule has 0 bridgehead atoms. The average Bonchev–Trinajstić information content (AvgIpc) is 1.14. The van der Waals surface area contributed by atoms with Crippen molar-refractivity contribution in [1.29, 1.82) is 0 Å². The Morgan fingerprint density at radius 3 is 1.30 bits per heavy atom. The summed E-state index contributed by atoms with van der Waals surface area (Å²) in [4.78, 5) is 0. The largest absolute Gasteiger partial charge is 1.00 e. The summed E-state index contributed by atoms with van der Waals surface area (Å²) < 4.78 is 65.2. The second kappa shape index (κ2) is 4.34. The molecule has 0 radical (unpaired) electrons. The van der Waals surface area contributed by atoms with Crippen molar-refractivity contribution in [3.8, 4) is 0 Å². The van der Waals surface area contributed by atoms with Gasteiger partial charge < -0.3 is 12.9 Å². The van der Waals surface area contributed by atoms with Gasteiger partial charge in [-0.25, -0.2) is 0 Å². The predicted molar refractivity (Wildman–Crippen MR) is 19.9 cm³/mol. The van der Waals surface area contributed by atoms with Gasteiger partial charge in [0.1, 0.15) is 0 Å². The van der Waals surface area contributed by atoms with E-state index in [4.69, 9.17) is 0 Å². The van der Waals surface area contributed by atoms with Crippen LogP contribution in [0.4, 0.5) is 26.1 Å². The Morgan fingerprint density at radius 1 is 1.00 bits per heavy atom. The Labute approximate surface area is 95.8 Å². The second-order valence-electron chi connectivity index (χ2n) is 1.53. The van der Waals surface area contributed by atoms with E-state index in [9.17, 15) is 26.1 Å². The summed E-state index contributed by atoms with van der Waals surface area (Å²) in [7, 11) is 0. The molecule has 0 nitrogen and oxygen atoms in total. The van der Waals surface area contributed by atoms with Crippen LogP contribution in [0.5, 0.6) is 0 Å². The standard InChI is InChI=1S/C2H2BF6.K/c4-2(5,6)1-3(7,8)9;/h1H2;/q-1;+1. The van der Waals surface area contributed by atoms with Crippen LogP contribution in [0.25, 0.3) is 0 Å². The van der Waals surface area contributed by atoms with E-state index in [-0.39, 0.29) is 51.4 Å². The van der Waals surface area contributed by atoms with Crippen LogP contribution in [0, 0.1) is 0 Å². The van der Waals surface area contributed by atoms with Crippen molar-refractivity contribution in [2.45, 2.75) is 12.5 Å². The molecule has 56 valence electrons. The van der Waals surface area contributed by atoms with Gasteiger partial charge in [-0.15, -0.1) is 0 Å². The number of hydrogen-bond acceptors (Lipinski definition) is 0. The molecule has 0 spiro atoms. The van der Waals surface area contributed by atoms with Gasteiger partial charge in [-0.05, 0) is 0 Å². The summed E-state index contributed by atoms with van der Waals surface area (Å²) in [6, 6.07) is 0. The zero-order chi connectivity index (χ0) is 7.71. The summed E-state index contributed by atoms with van der Waals surface area (Å²) >= 11 is 0. The van der Waals surface area contributed by atoms with Crippen molar-refractivity contribution in [3.05, 3.63) is 0 Å². The van der Waals surface area contributed by atoms with E-state index in [1.54, 1.807) is 0 Å². The van der Waals surface area contributed by atoms with Crippen LogP contribution < -0.4 is 51.4 Å². The number of hydrogen-bond donors (Lipinski definition) is 0. The summed E-state index contributed by atoms with van der Waals surface area (Å²) in [6.45, 7) is -5.72. The molecule has 0 amide bonds. The molecule has 0 aromatic heterocycles. The van der Waals surface area contributed by atoms with Crippen LogP contribution in [-0.2, 0) is 0 Å². The zero-order valence-corrected chi connectivity index (χ0v) is 8.18. The van der Waals surface area contributed by atoms with Gasteiger partial charge in [0, 0.05) is 6.32 Å². The van der Waals surface area contributed by atoms with Gasteiger partial charge in [-0.3, -0.25) is 0 Å². The van der Waals surface area contributed by atoms with Gasteiger partial charge in [-0.2, -0.15) is 13.2 Å². The first-order valence-electron chi connectivity index (χ1n) is 1.98. The SMILES string of the molecule is F[B-](F)(F)CC(F)(F)F.[K+]. The molecule has 0 heterocycles. The van der Waals surface area contributed by atoms with Gasteiger partial charge in [-0.1, -0.05) is 0 Å². The summed E-state index contributed by atoms with van der Waals surface area (Å²) in [5.41, 5.74) is 0. The summed E-state index contributed by atoms with van der Waals surface area (Å²) in [6.07, 6.45) is -7.76. The van der Waals surface area contributed by atoms with E-state index in [1.165, 1.54) is 0 Å². The van der Waals surface area contributed by atoms with E-state index < -0.39 is 19.5 Å². The number of alkyl halides is 3. The van der Waals surface area contributed by atoms with Gasteiger partial charge in [0.15, 0.2) is 0 Å². The molecule has 0 N–H and O–H groups in total. The minimum Gasteiger partial charge on any atom is -0.449 e. The van der Waals surface area contributed by atoms with Crippen molar-refractivity contribution in [1.82, 2.24) is 0 Å². The van der Waals surface area contributed by atoms with Crippen LogP contribution >= 0.6 is 0 Å². The molecule has 0 rings (SSSR count). The first-order valence-corrected chi connectivity index (χ1v) is 1.98. The van der Waals surface area contributed by atoms with E-state index in [1.807, 2.05) is 0 Å². The normalized spacial score (nSPS) is 12.6. The van der Waals surface area contributed by atoms with Crippen molar-refractivity contribution >= 4 is 6.98 Å². The molecule has 0 aliphatic carbocycles. The fraction of sp³-hybridized carbons (Fsp3) is 1.00. The van der Waals surface area contributed by atoms with Crippen LogP contribution in [0.1, 0.15) is 0 Å². The van der Waals surface area contributed by atoms with Crippen molar-refractivity contribution in [2.24, 2.45) is 0 Å². The van der Waals surface area contributed by atoms with Crippen molar-refractivity contribution in [3.63, 3.8) is 0 Å². The van der Waals surface area contributed by atoms with Crippen LogP contribution in [0.2, 0.25) is 6.32 Å². The predicted octanol–water partition coefficient (Wildman–Crippen LogP) is -0.600. The van der Waals surface area contributed by atoms with E-state index in [0.717, 1.165) is 0 Å².